The van der Waals surface area contributed by atoms with Gasteiger partial charge in [0.2, 0.25) is 0 Å². The fourth-order valence-corrected chi connectivity index (χ4v) is 2.12. The Morgan fingerprint density at radius 2 is 2.05 bits per heavy atom. The number of carbonyl (C=O) groups excluding carboxylic acids is 1. The molecule has 1 aromatic rings. The van der Waals surface area contributed by atoms with Gasteiger partial charge in [0.25, 0.3) is 5.91 Å². The third-order valence-corrected chi connectivity index (χ3v) is 3.18. The maximum atomic E-state index is 13.6. The molecule has 3 nitrogen and oxygen atoms in total. The van der Waals surface area contributed by atoms with Crippen molar-refractivity contribution in [3.63, 3.8) is 0 Å². The molecule has 1 N–H and O–H groups in total. The maximum Gasteiger partial charge on any atom is 0.257 e. The number of nitrogens with zero attached hydrogens (tertiary/aromatic N) is 1. The fourth-order valence-electron chi connectivity index (χ4n) is 2.12. The Morgan fingerprint density at radius 3 is 2.74 bits per heavy atom. The summed E-state index contributed by atoms with van der Waals surface area (Å²) in [7, 11) is 0. The predicted octanol–water partition coefficient (Wildman–Crippen LogP) is 2.21. The lowest BCUT2D eigenvalue weighted by Gasteiger charge is -2.37. The third kappa shape index (κ3) is 3.42. The molecule has 0 aromatic heterocycles. The summed E-state index contributed by atoms with van der Waals surface area (Å²) >= 11 is 0. The average Bonchev–Trinajstić information content (AvgIpc) is 2.34. The minimum absolute atomic E-state index is 0. The zero-order valence-electron chi connectivity index (χ0n) is 10.8. The van der Waals surface area contributed by atoms with Crippen LogP contribution in [0.15, 0.2) is 18.2 Å². The quantitative estimate of drug-likeness (QED) is 0.860. The van der Waals surface area contributed by atoms with E-state index in [2.05, 4.69) is 5.32 Å². The Morgan fingerprint density at radius 1 is 1.37 bits per heavy atom. The second-order valence-electron chi connectivity index (χ2n) is 4.74. The monoisotopic (exact) mass is 290 g/mol. The second-order valence-corrected chi connectivity index (χ2v) is 4.74. The van der Waals surface area contributed by atoms with E-state index in [0.29, 0.717) is 13.1 Å². The summed E-state index contributed by atoms with van der Waals surface area (Å²) in [5.41, 5.74) is -0.198. The van der Waals surface area contributed by atoms with Crippen LogP contribution in [0.5, 0.6) is 0 Å². The summed E-state index contributed by atoms with van der Waals surface area (Å²) in [6, 6.07) is 3.07. The highest BCUT2D eigenvalue weighted by atomic mass is 35.5. The van der Waals surface area contributed by atoms with Crippen molar-refractivity contribution in [1.82, 2.24) is 10.2 Å². The van der Waals surface area contributed by atoms with E-state index in [1.54, 1.807) is 4.90 Å². The lowest BCUT2D eigenvalue weighted by atomic mass is 10.1. The van der Waals surface area contributed by atoms with Gasteiger partial charge in [-0.25, -0.2) is 8.78 Å². The van der Waals surface area contributed by atoms with E-state index in [1.807, 2.05) is 13.8 Å². The predicted molar refractivity (Wildman–Crippen MR) is 71.6 cm³/mol. The molecule has 1 saturated heterocycles. The van der Waals surface area contributed by atoms with Crippen molar-refractivity contribution in [2.24, 2.45) is 0 Å². The van der Waals surface area contributed by atoms with Gasteiger partial charge in [-0.05, 0) is 32.0 Å². The lowest BCUT2D eigenvalue weighted by Crippen LogP contribution is -2.56. The van der Waals surface area contributed by atoms with Crippen molar-refractivity contribution in [1.29, 1.82) is 0 Å². The molecule has 2 rings (SSSR count). The van der Waals surface area contributed by atoms with Crippen LogP contribution in [0.4, 0.5) is 8.78 Å². The summed E-state index contributed by atoms with van der Waals surface area (Å²) in [4.78, 5) is 13.8. The molecule has 0 bridgehead atoms. The number of benzene rings is 1. The molecular weight excluding hydrogens is 274 g/mol. The Labute approximate surface area is 117 Å². The first-order valence-corrected chi connectivity index (χ1v) is 5.98. The van der Waals surface area contributed by atoms with E-state index in [-0.39, 0.29) is 30.1 Å². The van der Waals surface area contributed by atoms with Gasteiger partial charge in [0, 0.05) is 25.2 Å². The average molecular weight is 291 g/mol. The van der Waals surface area contributed by atoms with Gasteiger partial charge in [0.05, 0.1) is 5.56 Å². The summed E-state index contributed by atoms with van der Waals surface area (Å²) in [5.74, 6) is -1.73. The van der Waals surface area contributed by atoms with Crippen LogP contribution in [0, 0.1) is 11.6 Å². The molecule has 0 spiro atoms. The highest BCUT2D eigenvalue weighted by molar-refractivity contribution is 5.94. The number of hydrogen-bond acceptors (Lipinski definition) is 2. The Balaban J connectivity index is 0.00000180. The van der Waals surface area contributed by atoms with Crippen LogP contribution in [0.1, 0.15) is 24.2 Å². The molecule has 1 aliphatic rings. The first kappa shape index (κ1) is 15.9. The van der Waals surface area contributed by atoms with Gasteiger partial charge in [0.15, 0.2) is 0 Å². The topological polar surface area (TPSA) is 32.3 Å². The fraction of sp³-hybridized carbons (Fsp3) is 0.462. The normalized spacial score (nSPS) is 22.8. The maximum absolute atomic E-state index is 13.6. The van der Waals surface area contributed by atoms with Crippen LogP contribution in [-0.2, 0) is 0 Å². The summed E-state index contributed by atoms with van der Waals surface area (Å²) < 4.78 is 26.7. The minimum atomic E-state index is -0.681. The SMILES string of the molecule is CC1CN(C(=O)c2cc(F)ccc2F)C(C)CN1.Cl. The molecule has 1 heterocycles. The molecule has 2 atom stereocenters. The zero-order valence-corrected chi connectivity index (χ0v) is 11.6. The largest absolute Gasteiger partial charge is 0.333 e. The molecule has 1 fully saturated rings. The van der Waals surface area contributed by atoms with Gasteiger partial charge in [-0.3, -0.25) is 4.79 Å². The van der Waals surface area contributed by atoms with E-state index in [4.69, 9.17) is 0 Å². The van der Waals surface area contributed by atoms with Crippen molar-refractivity contribution in [2.45, 2.75) is 25.9 Å². The number of carbonyl (C=O) groups is 1. The molecule has 106 valence electrons. The molecule has 19 heavy (non-hydrogen) atoms. The van der Waals surface area contributed by atoms with Crippen LogP contribution in [0.25, 0.3) is 0 Å². The second kappa shape index (κ2) is 6.30. The van der Waals surface area contributed by atoms with E-state index in [0.717, 1.165) is 18.2 Å². The molecule has 0 radical (unpaired) electrons. The first-order valence-electron chi connectivity index (χ1n) is 5.98. The highest BCUT2D eigenvalue weighted by Gasteiger charge is 2.28. The van der Waals surface area contributed by atoms with Gasteiger partial charge in [-0.1, -0.05) is 0 Å². The standard InChI is InChI=1S/C13H16F2N2O.ClH/c1-8-7-17(9(2)6-16-8)13(18)11-5-10(14)3-4-12(11)15;/h3-5,8-9,16H,6-7H2,1-2H3;1H. The van der Waals surface area contributed by atoms with Gasteiger partial charge in [0.1, 0.15) is 11.6 Å². The van der Waals surface area contributed by atoms with Crippen molar-refractivity contribution >= 4 is 18.3 Å². The number of nitrogens with one attached hydrogen (secondary N) is 1. The summed E-state index contributed by atoms with van der Waals surface area (Å²) in [5, 5.41) is 3.23. The summed E-state index contributed by atoms with van der Waals surface area (Å²) in [6.45, 7) is 4.99. The van der Waals surface area contributed by atoms with Crippen LogP contribution in [-0.4, -0.2) is 36.0 Å². The molecule has 1 aliphatic heterocycles. The Hall–Kier alpha value is -1.20. The zero-order chi connectivity index (χ0) is 13.3. The molecule has 0 aliphatic carbocycles. The van der Waals surface area contributed by atoms with E-state index >= 15 is 0 Å². The van der Waals surface area contributed by atoms with Gasteiger partial charge >= 0.3 is 0 Å². The number of amides is 1. The van der Waals surface area contributed by atoms with E-state index < -0.39 is 17.5 Å². The number of piperazine rings is 1. The van der Waals surface area contributed by atoms with Crippen LogP contribution >= 0.6 is 12.4 Å². The van der Waals surface area contributed by atoms with Crippen molar-refractivity contribution in [3.8, 4) is 0 Å². The lowest BCUT2D eigenvalue weighted by molar-refractivity contribution is 0.0611. The number of halogens is 3. The Bertz CT molecular complexity index is 470. The first-order chi connectivity index (χ1) is 8.49. The smallest absolute Gasteiger partial charge is 0.257 e. The molecular formula is C13H17ClF2N2O. The minimum Gasteiger partial charge on any atom is -0.333 e. The summed E-state index contributed by atoms with van der Waals surface area (Å²) in [6.07, 6.45) is 0. The van der Waals surface area contributed by atoms with Gasteiger partial charge in [-0.2, -0.15) is 0 Å². The molecule has 1 aromatic carbocycles. The molecule has 6 heteroatoms. The van der Waals surface area contributed by atoms with Gasteiger partial charge < -0.3 is 10.2 Å². The van der Waals surface area contributed by atoms with Crippen LogP contribution in [0.3, 0.4) is 0 Å². The third-order valence-electron chi connectivity index (χ3n) is 3.18. The van der Waals surface area contributed by atoms with Crippen molar-refractivity contribution in [2.75, 3.05) is 13.1 Å². The molecule has 1 amide bonds. The van der Waals surface area contributed by atoms with E-state index in [1.165, 1.54) is 0 Å². The highest BCUT2D eigenvalue weighted by Crippen LogP contribution is 2.16. The Kier molecular flexibility index (Phi) is 5.26. The van der Waals surface area contributed by atoms with Crippen molar-refractivity contribution in [3.05, 3.63) is 35.4 Å². The molecule has 2 unspecified atom stereocenters. The number of hydrogen-bond donors (Lipinski definition) is 1. The molecule has 0 saturated carbocycles. The van der Waals surface area contributed by atoms with E-state index in [9.17, 15) is 13.6 Å². The van der Waals surface area contributed by atoms with Gasteiger partial charge in [-0.15, -0.1) is 12.4 Å². The van der Waals surface area contributed by atoms with Crippen LogP contribution < -0.4 is 5.32 Å². The van der Waals surface area contributed by atoms with Crippen LogP contribution in [0.2, 0.25) is 0 Å². The number of rotatable bonds is 1. The van der Waals surface area contributed by atoms with Crippen molar-refractivity contribution < 1.29 is 13.6 Å².